The molecule has 1 N–H and O–H groups in total. The number of pyridine rings is 1. The van der Waals surface area contributed by atoms with Crippen molar-refractivity contribution in [2.45, 2.75) is 27.7 Å². The zero-order valence-electron chi connectivity index (χ0n) is 9.26. The molecule has 0 amide bonds. The van der Waals surface area contributed by atoms with Gasteiger partial charge in [0.2, 0.25) is 0 Å². The van der Waals surface area contributed by atoms with Gasteiger partial charge in [0.15, 0.2) is 0 Å². The molecule has 0 bridgehead atoms. The molecule has 3 heteroatoms. The van der Waals surface area contributed by atoms with Crippen LogP contribution in [-0.4, -0.2) is 12.0 Å². The third-order valence-electron chi connectivity index (χ3n) is 1.12. The first-order valence-electron chi connectivity index (χ1n) is 4.72. The number of rotatable bonds is 1. The Labute approximate surface area is 84.4 Å². The van der Waals surface area contributed by atoms with Gasteiger partial charge in [0.25, 0.3) is 0 Å². The maximum Gasteiger partial charge on any atom is 0.0441 e. The van der Waals surface area contributed by atoms with Crippen LogP contribution in [0.4, 0.5) is 5.69 Å². The van der Waals surface area contributed by atoms with Crippen molar-refractivity contribution in [3.05, 3.63) is 18.5 Å². The molecule has 0 aliphatic rings. The van der Waals surface area contributed by atoms with Crippen molar-refractivity contribution in [2.24, 2.45) is 0 Å². The Kier molecular flexibility index (Phi) is 13.0. The van der Waals surface area contributed by atoms with Crippen molar-refractivity contribution in [2.75, 3.05) is 12.4 Å². The van der Waals surface area contributed by atoms with Gasteiger partial charge in [-0.3, -0.25) is 4.98 Å². The van der Waals surface area contributed by atoms with Gasteiger partial charge in [-0.2, -0.15) is 0 Å². The maximum atomic E-state index is 3.93. The molecular weight excluding hydrogens is 179 g/mol. The van der Waals surface area contributed by atoms with E-state index in [1.165, 1.54) is 0 Å². The Bertz CT molecular complexity index is 202. The van der Waals surface area contributed by atoms with Crippen LogP contribution in [0, 0.1) is 0 Å². The SMILES string of the molecule is CC.CC.CNc1ccncc1P. The minimum atomic E-state index is 1.10. The van der Waals surface area contributed by atoms with Gasteiger partial charge in [0.1, 0.15) is 0 Å². The van der Waals surface area contributed by atoms with Gasteiger partial charge in [0.05, 0.1) is 0 Å². The van der Waals surface area contributed by atoms with E-state index >= 15 is 0 Å². The van der Waals surface area contributed by atoms with Gasteiger partial charge in [-0.25, -0.2) is 0 Å². The number of anilines is 1. The first-order valence-corrected chi connectivity index (χ1v) is 5.29. The molecule has 1 heterocycles. The number of nitrogens with one attached hydrogen (secondary N) is 1. The molecule has 13 heavy (non-hydrogen) atoms. The molecule has 1 aromatic rings. The van der Waals surface area contributed by atoms with Crippen molar-refractivity contribution in [1.29, 1.82) is 0 Å². The minimum Gasteiger partial charge on any atom is -0.388 e. The van der Waals surface area contributed by atoms with Gasteiger partial charge in [-0.1, -0.05) is 27.7 Å². The average molecular weight is 200 g/mol. The normalized spacial score (nSPS) is 7.23. The summed E-state index contributed by atoms with van der Waals surface area (Å²) in [4.78, 5) is 3.93. The summed E-state index contributed by atoms with van der Waals surface area (Å²) in [6, 6.07) is 1.93. The molecular formula is C10H21N2P. The van der Waals surface area contributed by atoms with Crippen LogP contribution >= 0.6 is 9.24 Å². The van der Waals surface area contributed by atoms with E-state index in [0.29, 0.717) is 0 Å². The van der Waals surface area contributed by atoms with Crippen molar-refractivity contribution in [1.82, 2.24) is 4.98 Å². The predicted octanol–water partition coefficient (Wildman–Crippen LogP) is 2.68. The highest BCUT2D eigenvalue weighted by Gasteiger charge is 1.89. The van der Waals surface area contributed by atoms with Gasteiger partial charge in [0, 0.05) is 30.4 Å². The van der Waals surface area contributed by atoms with Crippen LogP contribution in [-0.2, 0) is 0 Å². The Hall–Kier alpha value is -0.620. The van der Waals surface area contributed by atoms with E-state index in [1.54, 1.807) is 12.4 Å². The summed E-state index contributed by atoms with van der Waals surface area (Å²) in [5.74, 6) is 0. The van der Waals surface area contributed by atoms with Crippen LogP contribution in [0.25, 0.3) is 0 Å². The van der Waals surface area contributed by atoms with Gasteiger partial charge >= 0.3 is 0 Å². The third-order valence-corrected chi connectivity index (χ3v) is 1.58. The standard InChI is InChI=1S/C6H9N2P.2C2H6/c1-7-5-2-3-8-4-6(5)9;2*1-2/h2-4H,9H2,1H3,(H,7,8);2*1-2H3. The number of hydrogen-bond acceptors (Lipinski definition) is 2. The monoisotopic (exact) mass is 200 g/mol. The van der Waals surface area contributed by atoms with Crippen LogP contribution in [0.15, 0.2) is 18.5 Å². The molecule has 0 radical (unpaired) electrons. The van der Waals surface area contributed by atoms with Crippen molar-refractivity contribution in [3.8, 4) is 0 Å². The highest BCUT2D eigenvalue weighted by Crippen LogP contribution is 2.02. The molecule has 1 atom stereocenters. The molecule has 1 rings (SSSR count). The van der Waals surface area contributed by atoms with Gasteiger partial charge in [-0.05, 0) is 6.07 Å². The summed E-state index contributed by atoms with van der Waals surface area (Å²) in [5, 5.41) is 4.13. The van der Waals surface area contributed by atoms with Crippen LogP contribution in [0.2, 0.25) is 0 Å². The van der Waals surface area contributed by atoms with Crippen LogP contribution in [0.1, 0.15) is 27.7 Å². The highest BCUT2D eigenvalue weighted by atomic mass is 31.0. The zero-order valence-corrected chi connectivity index (χ0v) is 10.4. The second kappa shape index (κ2) is 11.4. The van der Waals surface area contributed by atoms with Crippen molar-refractivity contribution < 1.29 is 0 Å². The van der Waals surface area contributed by atoms with E-state index in [2.05, 4.69) is 19.5 Å². The quantitative estimate of drug-likeness (QED) is 0.705. The van der Waals surface area contributed by atoms with E-state index in [4.69, 9.17) is 0 Å². The largest absolute Gasteiger partial charge is 0.388 e. The summed E-state index contributed by atoms with van der Waals surface area (Å²) in [5.41, 5.74) is 1.11. The topological polar surface area (TPSA) is 24.9 Å². The van der Waals surface area contributed by atoms with Crippen LogP contribution in [0.3, 0.4) is 0 Å². The second-order valence-corrected chi connectivity index (χ2v) is 2.33. The molecule has 76 valence electrons. The molecule has 0 aliphatic carbocycles. The molecule has 0 spiro atoms. The van der Waals surface area contributed by atoms with E-state index in [-0.39, 0.29) is 0 Å². The lowest BCUT2D eigenvalue weighted by molar-refractivity contribution is 1.34. The summed E-state index contributed by atoms with van der Waals surface area (Å²) in [6.07, 6.45) is 3.57. The fraction of sp³-hybridized carbons (Fsp3) is 0.500. The van der Waals surface area contributed by atoms with Gasteiger partial charge < -0.3 is 5.32 Å². The highest BCUT2D eigenvalue weighted by molar-refractivity contribution is 7.28. The van der Waals surface area contributed by atoms with E-state index in [9.17, 15) is 0 Å². The Morgan fingerprint density at radius 3 is 2.08 bits per heavy atom. The molecule has 2 nitrogen and oxygen atoms in total. The van der Waals surface area contributed by atoms with Gasteiger partial charge in [-0.15, -0.1) is 9.24 Å². The summed E-state index contributed by atoms with van der Waals surface area (Å²) >= 11 is 0. The van der Waals surface area contributed by atoms with Crippen LogP contribution < -0.4 is 10.6 Å². The summed E-state index contributed by atoms with van der Waals surface area (Å²) in [6.45, 7) is 8.00. The third kappa shape index (κ3) is 6.53. The number of aromatic nitrogens is 1. The number of hydrogen-bond donors (Lipinski definition) is 1. The summed E-state index contributed by atoms with van der Waals surface area (Å²) < 4.78 is 0. The smallest absolute Gasteiger partial charge is 0.0441 e. The fourth-order valence-electron chi connectivity index (χ4n) is 0.634. The Morgan fingerprint density at radius 2 is 1.77 bits per heavy atom. The van der Waals surface area contributed by atoms with Crippen molar-refractivity contribution >= 4 is 20.2 Å². The van der Waals surface area contributed by atoms with E-state index < -0.39 is 0 Å². The molecule has 0 saturated heterocycles. The minimum absolute atomic E-state index is 1.10. The van der Waals surface area contributed by atoms with Crippen LogP contribution in [0.5, 0.6) is 0 Å². The first kappa shape index (κ1) is 14.9. The summed E-state index contributed by atoms with van der Waals surface area (Å²) in [7, 11) is 4.50. The molecule has 1 aromatic heterocycles. The first-order chi connectivity index (χ1) is 6.34. The molecule has 0 aliphatic heterocycles. The fourth-order valence-corrected chi connectivity index (χ4v) is 0.961. The zero-order chi connectivity index (χ0) is 10.7. The Morgan fingerprint density at radius 1 is 1.23 bits per heavy atom. The Balaban J connectivity index is 0. The van der Waals surface area contributed by atoms with Crippen molar-refractivity contribution in [3.63, 3.8) is 0 Å². The lowest BCUT2D eigenvalue weighted by atomic mass is 10.4. The maximum absolute atomic E-state index is 3.93. The molecule has 0 saturated carbocycles. The van der Waals surface area contributed by atoms with E-state index in [0.717, 1.165) is 11.0 Å². The number of nitrogens with zero attached hydrogens (tertiary/aromatic N) is 1. The predicted molar refractivity (Wildman–Crippen MR) is 65.8 cm³/mol. The molecule has 1 unspecified atom stereocenters. The van der Waals surface area contributed by atoms with E-state index in [1.807, 2.05) is 40.8 Å². The molecule has 0 fully saturated rings. The molecule has 0 aromatic carbocycles. The average Bonchev–Trinajstić information content (AvgIpc) is 2.24. The lowest BCUT2D eigenvalue weighted by Gasteiger charge is -2.00. The second-order valence-electron chi connectivity index (χ2n) is 1.71. The lowest BCUT2D eigenvalue weighted by Crippen LogP contribution is -2.01.